The second kappa shape index (κ2) is 7.13. The van der Waals surface area contributed by atoms with Gasteiger partial charge in [0.25, 0.3) is 0 Å². The summed E-state index contributed by atoms with van der Waals surface area (Å²) in [7, 11) is 1.63. The summed E-state index contributed by atoms with van der Waals surface area (Å²) >= 11 is 1.39. The van der Waals surface area contributed by atoms with Crippen molar-refractivity contribution in [3.63, 3.8) is 0 Å². The summed E-state index contributed by atoms with van der Waals surface area (Å²) in [5.74, 6) is 2.37. The molecule has 0 fully saturated rings. The van der Waals surface area contributed by atoms with Crippen molar-refractivity contribution in [2.75, 3.05) is 19.7 Å². The molecular formula is C19H16N2O4S. The molecule has 1 aliphatic heterocycles. The number of hydrogen-bond donors (Lipinski definition) is 0. The summed E-state index contributed by atoms with van der Waals surface area (Å²) in [5, 5.41) is 0.754. The third kappa shape index (κ3) is 3.25. The molecule has 132 valence electrons. The number of carbonyl (C=O) groups is 1. The maximum absolute atomic E-state index is 12.5. The summed E-state index contributed by atoms with van der Waals surface area (Å²) in [6.45, 7) is 0.195. The van der Waals surface area contributed by atoms with Gasteiger partial charge in [-0.15, -0.1) is 0 Å². The Hall–Kier alpha value is -2.93. The lowest BCUT2D eigenvalue weighted by atomic mass is 10.1. The van der Waals surface area contributed by atoms with Crippen LogP contribution in [0.5, 0.6) is 17.2 Å². The van der Waals surface area contributed by atoms with Crippen LogP contribution in [0.3, 0.4) is 0 Å². The van der Waals surface area contributed by atoms with Crippen LogP contribution in [0.4, 0.5) is 0 Å². The molecular weight excluding hydrogens is 352 g/mol. The largest absolute Gasteiger partial charge is 0.497 e. The Morgan fingerprint density at radius 1 is 1.19 bits per heavy atom. The molecule has 2 heterocycles. The van der Waals surface area contributed by atoms with E-state index in [1.54, 1.807) is 31.5 Å². The summed E-state index contributed by atoms with van der Waals surface area (Å²) in [6.07, 6.45) is 3.59. The number of rotatable bonds is 6. The van der Waals surface area contributed by atoms with E-state index in [0.29, 0.717) is 17.1 Å². The predicted molar refractivity (Wildman–Crippen MR) is 97.7 cm³/mol. The number of hydrogen-bond acceptors (Lipinski definition) is 6. The quantitative estimate of drug-likeness (QED) is 0.489. The monoisotopic (exact) mass is 368 g/mol. The second-order valence-electron chi connectivity index (χ2n) is 5.56. The first-order valence-electron chi connectivity index (χ1n) is 7.98. The van der Waals surface area contributed by atoms with E-state index >= 15 is 0 Å². The number of thioether (sulfide) groups is 1. The standard InChI is InChI=1S/C19H16N2O4S/c1-23-15-5-3-14(4-6-15)21-9-8-20-19(21)26-11-16(22)13-2-7-17-18(10-13)25-12-24-17/h2-10H,11-12H2,1H3. The lowest BCUT2D eigenvalue weighted by Crippen LogP contribution is -2.04. The molecule has 0 atom stereocenters. The number of aromatic nitrogens is 2. The maximum Gasteiger partial charge on any atom is 0.231 e. The molecule has 2 aromatic carbocycles. The van der Waals surface area contributed by atoms with Crippen molar-refractivity contribution in [1.82, 2.24) is 9.55 Å². The normalized spacial score (nSPS) is 12.2. The van der Waals surface area contributed by atoms with Crippen LogP contribution >= 0.6 is 11.8 Å². The van der Waals surface area contributed by atoms with Crippen molar-refractivity contribution in [3.05, 3.63) is 60.4 Å². The van der Waals surface area contributed by atoms with Crippen LogP contribution in [0.15, 0.2) is 60.0 Å². The Labute approximate surface area is 154 Å². The molecule has 0 bridgehead atoms. The summed E-state index contributed by atoms with van der Waals surface area (Å²) < 4.78 is 17.7. The first kappa shape index (κ1) is 16.5. The van der Waals surface area contributed by atoms with Gasteiger partial charge >= 0.3 is 0 Å². The van der Waals surface area contributed by atoms with E-state index in [0.717, 1.165) is 16.6 Å². The van der Waals surface area contributed by atoms with Gasteiger partial charge in [-0.2, -0.15) is 0 Å². The number of Topliss-reactive ketones (excluding diaryl/α,β-unsaturated/α-hetero) is 1. The van der Waals surface area contributed by atoms with Gasteiger partial charge in [0, 0.05) is 23.6 Å². The van der Waals surface area contributed by atoms with Crippen LogP contribution in [0.25, 0.3) is 5.69 Å². The summed E-state index contributed by atoms with van der Waals surface area (Å²) in [4.78, 5) is 16.9. The van der Waals surface area contributed by atoms with Crippen LogP contribution < -0.4 is 14.2 Å². The number of ketones is 1. The highest BCUT2D eigenvalue weighted by molar-refractivity contribution is 7.99. The van der Waals surface area contributed by atoms with Gasteiger partial charge < -0.3 is 14.2 Å². The number of ether oxygens (including phenoxy) is 3. The molecule has 3 aromatic rings. The maximum atomic E-state index is 12.5. The van der Waals surface area contributed by atoms with Gasteiger partial charge in [0.05, 0.1) is 12.9 Å². The summed E-state index contributed by atoms with van der Waals surface area (Å²) in [6, 6.07) is 12.9. The fourth-order valence-electron chi connectivity index (χ4n) is 2.62. The number of benzene rings is 2. The Balaban J connectivity index is 1.46. The van der Waals surface area contributed by atoms with E-state index in [9.17, 15) is 4.79 Å². The zero-order chi connectivity index (χ0) is 17.9. The van der Waals surface area contributed by atoms with Gasteiger partial charge in [0.1, 0.15) is 5.75 Å². The minimum absolute atomic E-state index is 0.0116. The van der Waals surface area contributed by atoms with Crippen LogP contribution in [0, 0.1) is 0 Å². The smallest absolute Gasteiger partial charge is 0.231 e. The molecule has 1 aliphatic rings. The van der Waals surface area contributed by atoms with Gasteiger partial charge in [-0.1, -0.05) is 11.8 Å². The van der Waals surface area contributed by atoms with E-state index in [1.807, 2.05) is 35.0 Å². The molecule has 0 saturated heterocycles. The number of imidazole rings is 1. The Morgan fingerprint density at radius 3 is 2.81 bits per heavy atom. The molecule has 6 nitrogen and oxygen atoms in total. The fraction of sp³-hybridized carbons (Fsp3) is 0.158. The van der Waals surface area contributed by atoms with Gasteiger partial charge in [-0.3, -0.25) is 9.36 Å². The van der Waals surface area contributed by atoms with Gasteiger partial charge in [-0.05, 0) is 42.5 Å². The number of nitrogens with zero attached hydrogens (tertiary/aromatic N) is 2. The van der Waals surface area contributed by atoms with Crippen molar-refractivity contribution in [3.8, 4) is 22.9 Å². The molecule has 26 heavy (non-hydrogen) atoms. The highest BCUT2D eigenvalue weighted by atomic mass is 32.2. The lowest BCUT2D eigenvalue weighted by molar-refractivity contribution is 0.102. The second-order valence-corrected chi connectivity index (χ2v) is 6.50. The topological polar surface area (TPSA) is 62.6 Å². The van der Waals surface area contributed by atoms with Gasteiger partial charge in [0.15, 0.2) is 22.4 Å². The molecule has 0 aliphatic carbocycles. The van der Waals surface area contributed by atoms with E-state index < -0.39 is 0 Å². The third-order valence-electron chi connectivity index (χ3n) is 3.98. The van der Waals surface area contributed by atoms with Crippen molar-refractivity contribution < 1.29 is 19.0 Å². The Kier molecular flexibility index (Phi) is 4.53. The van der Waals surface area contributed by atoms with Gasteiger partial charge in [-0.25, -0.2) is 4.98 Å². The van der Waals surface area contributed by atoms with Gasteiger partial charge in [0.2, 0.25) is 6.79 Å². The molecule has 0 unspecified atom stereocenters. The molecule has 0 radical (unpaired) electrons. The first-order valence-corrected chi connectivity index (χ1v) is 8.96. The van der Waals surface area contributed by atoms with E-state index in [1.165, 1.54) is 11.8 Å². The predicted octanol–water partition coefficient (Wildman–Crippen LogP) is 3.58. The van der Waals surface area contributed by atoms with Crippen molar-refractivity contribution in [1.29, 1.82) is 0 Å². The molecule has 4 rings (SSSR count). The molecule has 7 heteroatoms. The summed E-state index contributed by atoms with van der Waals surface area (Å²) in [5.41, 5.74) is 1.56. The zero-order valence-electron chi connectivity index (χ0n) is 14.0. The van der Waals surface area contributed by atoms with Crippen LogP contribution in [0.2, 0.25) is 0 Å². The molecule has 0 amide bonds. The van der Waals surface area contributed by atoms with E-state index in [4.69, 9.17) is 14.2 Å². The Bertz CT molecular complexity index is 937. The fourth-order valence-corrected chi connectivity index (χ4v) is 3.49. The number of fused-ring (bicyclic) bond motifs is 1. The SMILES string of the molecule is COc1ccc(-n2ccnc2SCC(=O)c2ccc3c(c2)OCO3)cc1. The molecule has 0 saturated carbocycles. The minimum Gasteiger partial charge on any atom is -0.497 e. The molecule has 0 N–H and O–H groups in total. The minimum atomic E-state index is 0.0116. The number of methoxy groups -OCH3 is 1. The molecule has 0 spiro atoms. The average Bonchev–Trinajstić information content (AvgIpc) is 3.34. The van der Waals surface area contributed by atoms with Crippen LogP contribution in [0.1, 0.15) is 10.4 Å². The lowest BCUT2D eigenvalue weighted by Gasteiger charge is -2.08. The average molecular weight is 368 g/mol. The van der Waals surface area contributed by atoms with E-state index in [-0.39, 0.29) is 18.3 Å². The number of carbonyl (C=O) groups excluding carboxylic acids is 1. The van der Waals surface area contributed by atoms with E-state index in [2.05, 4.69) is 4.98 Å². The zero-order valence-corrected chi connectivity index (χ0v) is 14.9. The van der Waals surface area contributed by atoms with Crippen molar-refractivity contribution in [2.45, 2.75) is 5.16 Å². The third-order valence-corrected chi connectivity index (χ3v) is 4.95. The highest BCUT2D eigenvalue weighted by Crippen LogP contribution is 2.33. The van der Waals surface area contributed by atoms with Crippen LogP contribution in [-0.4, -0.2) is 35.0 Å². The molecule has 1 aromatic heterocycles. The van der Waals surface area contributed by atoms with Crippen molar-refractivity contribution >= 4 is 17.5 Å². The highest BCUT2D eigenvalue weighted by Gasteiger charge is 2.17. The van der Waals surface area contributed by atoms with Crippen LogP contribution in [-0.2, 0) is 0 Å². The van der Waals surface area contributed by atoms with Crippen molar-refractivity contribution in [2.24, 2.45) is 0 Å². The first-order chi connectivity index (χ1) is 12.7. The Morgan fingerprint density at radius 2 is 2.00 bits per heavy atom.